The smallest absolute Gasteiger partial charge is 0.324 e. The van der Waals surface area contributed by atoms with Crippen LogP contribution >= 0.6 is 0 Å². The Morgan fingerprint density at radius 2 is 2.39 bits per heavy atom. The maximum atomic E-state index is 11.8. The van der Waals surface area contributed by atoms with Gasteiger partial charge in [0, 0.05) is 18.0 Å². The highest BCUT2D eigenvalue weighted by Gasteiger charge is 2.51. The van der Waals surface area contributed by atoms with E-state index < -0.39 is 5.41 Å². The SMILES string of the molecule is COC(=O)C1(c2ncc(-c3cc[nH]c3)[nH]2)COC1. The molecule has 0 amide bonds. The van der Waals surface area contributed by atoms with E-state index in [-0.39, 0.29) is 5.97 Å². The van der Waals surface area contributed by atoms with Crippen molar-refractivity contribution in [3.63, 3.8) is 0 Å². The van der Waals surface area contributed by atoms with Gasteiger partial charge in [-0.3, -0.25) is 4.79 Å². The van der Waals surface area contributed by atoms with Gasteiger partial charge in [0.15, 0.2) is 5.41 Å². The van der Waals surface area contributed by atoms with Gasteiger partial charge in [-0.15, -0.1) is 0 Å². The van der Waals surface area contributed by atoms with Crippen molar-refractivity contribution in [3.05, 3.63) is 30.5 Å². The van der Waals surface area contributed by atoms with Crippen LogP contribution in [0.5, 0.6) is 0 Å². The Hall–Kier alpha value is -2.08. The first kappa shape index (κ1) is 11.0. The fourth-order valence-electron chi connectivity index (χ4n) is 2.06. The minimum Gasteiger partial charge on any atom is -0.468 e. The van der Waals surface area contributed by atoms with Crippen molar-refractivity contribution in [2.24, 2.45) is 0 Å². The summed E-state index contributed by atoms with van der Waals surface area (Å²) in [6, 6.07) is 1.93. The molecule has 0 unspecified atom stereocenters. The molecule has 0 radical (unpaired) electrons. The van der Waals surface area contributed by atoms with Crippen molar-refractivity contribution in [1.29, 1.82) is 0 Å². The number of rotatable bonds is 3. The predicted molar refractivity (Wildman–Crippen MR) is 62.9 cm³/mol. The van der Waals surface area contributed by atoms with Crippen molar-refractivity contribution in [2.45, 2.75) is 5.41 Å². The Bertz CT molecular complexity index is 555. The van der Waals surface area contributed by atoms with Crippen LogP contribution < -0.4 is 0 Å². The van der Waals surface area contributed by atoms with Gasteiger partial charge in [-0.1, -0.05) is 0 Å². The van der Waals surface area contributed by atoms with Crippen molar-refractivity contribution < 1.29 is 14.3 Å². The first-order valence-electron chi connectivity index (χ1n) is 5.61. The number of aromatic amines is 2. The Labute approximate surface area is 103 Å². The Kier molecular flexibility index (Phi) is 2.45. The number of nitrogens with one attached hydrogen (secondary N) is 2. The van der Waals surface area contributed by atoms with Crippen molar-refractivity contribution >= 4 is 5.97 Å². The molecule has 3 rings (SSSR count). The second-order valence-electron chi connectivity index (χ2n) is 4.31. The van der Waals surface area contributed by atoms with Crippen LogP contribution in [0.1, 0.15) is 5.82 Å². The maximum Gasteiger partial charge on any atom is 0.324 e. The fourth-order valence-corrected chi connectivity index (χ4v) is 2.06. The van der Waals surface area contributed by atoms with E-state index >= 15 is 0 Å². The molecule has 0 spiro atoms. The van der Waals surface area contributed by atoms with Gasteiger partial charge in [-0.2, -0.15) is 0 Å². The summed E-state index contributed by atoms with van der Waals surface area (Å²) in [5.74, 6) is 0.278. The van der Waals surface area contributed by atoms with Crippen LogP contribution in [-0.2, 0) is 19.7 Å². The average Bonchev–Trinajstić information content (AvgIpc) is 2.97. The summed E-state index contributed by atoms with van der Waals surface area (Å²) in [5, 5.41) is 0. The molecule has 18 heavy (non-hydrogen) atoms. The predicted octanol–water partition coefficient (Wildman–Crippen LogP) is 0.846. The lowest BCUT2D eigenvalue weighted by Crippen LogP contribution is -2.54. The molecule has 2 aromatic heterocycles. The third-order valence-corrected chi connectivity index (χ3v) is 3.21. The van der Waals surface area contributed by atoms with Gasteiger partial charge in [-0.25, -0.2) is 4.98 Å². The largest absolute Gasteiger partial charge is 0.468 e. The van der Waals surface area contributed by atoms with Gasteiger partial charge < -0.3 is 19.4 Å². The van der Waals surface area contributed by atoms with Gasteiger partial charge in [-0.05, 0) is 6.07 Å². The van der Waals surface area contributed by atoms with Crippen LogP contribution in [0.4, 0.5) is 0 Å². The van der Waals surface area contributed by atoms with Crippen molar-refractivity contribution in [2.75, 3.05) is 20.3 Å². The van der Waals surface area contributed by atoms with Gasteiger partial charge in [0.25, 0.3) is 0 Å². The number of methoxy groups -OCH3 is 1. The average molecular weight is 247 g/mol. The minimum atomic E-state index is -0.774. The zero-order valence-electron chi connectivity index (χ0n) is 9.90. The Morgan fingerprint density at radius 3 is 2.94 bits per heavy atom. The van der Waals surface area contributed by atoms with Crippen molar-refractivity contribution in [1.82, 2.24) is 15.0 Å². The first-order chi connectivity index (χ1) is 8.76. The lowest BCUT2D eigenvalue weighted by Gasteiger charge is -2.36. The highest BCUT2D eigenvalue weighted by atomic mass is 16.5. The zero-order valence-corrected chi connectivity index (χ0v) is 9.90. The van der Waals surface area contributed by atoms with E-state index in [2.05, 4.69) is 15.0 Å². The summed E-state index contributed by atoms with van der Waals surface area (Å²) in [6.45, 7) is 0.611. The number of H-pyrrole nitrogens is 2. The number of nitrogens with zero attached hydrogens (tertiary/aromatic N) is 1. The molecule has 2 N–H and O–H groups in total. The van der Waals surface area contributed by atoms with Crippen LogP contribution in [-0.4, -0.2) is 41.2 Å². The lowest BCUT2D eigenvalue weighted by atomic mass is 9.85. The van der Waals surface area contributed by atoms with Gasteiger partial charge in [0.1, 0.15) is 5.82 Å². The molecule has 6 nitrogen and oxygen atoms in total. The normalized spacial score (nSPS) is 17.2. The summed E-state index contributed by atoms with van der Waals surface area (Å²) in [7, 11) is 1.37. The van der Waals surface area contributed by atoms with Crippen LogP contribution in [0, 0.1) is 0 Å². The molecular formula is C12H13N3O3. The molecule has 0 aromatic carbocycles. The number of esters is 1. The van der Waals surface area contributed by atoms with Crippen molar-refractivity contribution in [3.8, 4) is 11.3 Å². The molecule has 6 heteroatoms. The van der Waals surface area contributed by atoms with E-state index in [1.165, 1.54) is 7.11 Å². The molecule has 1 fully saturated rings. The topological polar surface area (TPSA) is 80.0 Å². The monoisotopic (exact) mass is 247 g/mol. The minimum absolute atomic E-state index is 0.305. The Morgan fingerprint density at radius 1 is 1.56 bits per heavy atom. The van der Waals surface area contributed by atoms with Gasteiger partial charge >= 0.3 is 5.97 Å². The van der Waals surface area contributed by atoms with E-state index in [9.17, 15) is 4.79 Å². The number of aromatic nitrogens is 3. The fraction of sp³-hybridized carbons (Fsp3) is 0.333. The molecule has 0 aliphatic carbocycles. The van der Waals surface area contributed by atoms with Gasteiger partial charge in [0.05, 0.1) is 32.2 Å². The Balaban J connectivity index is 1.95. The summed E-state index contributed by atoms with van der Waals surface area (Å²) in [5.41, 5.74) is 1.08. The highest BCUT2D eigenvalue weighted by Crippen LogP contribution is 2.32. The van der Waals surface area contributed by atoms with E-state index in [0.717, 1.165) is 11.3 Å². The zero-order chi connectivity index (χ0) is 12.6. The second kappa shape index (κ2) is 3.99. The first-order valence-corrected chi connectivity index (χ1v) is 5.61. The summed E-state index contributed by atoms with van der Waals surface area (Å²) in [4.78, 5) is 22.3. The molecule has 0 atom stereocenters. The third-order valence-electron chi connectivity index (χ3n) is 3.21. The quantitative estimate of drug-likeness (QED) is 0.788. The standard InChI is InChI=1S/C12H13N3O3/c1-17-11(16)12(6-18-7-12)10-14-5-9(15-10)8-2-3-13-4-8/h2-5,13H,6-7H2,1H3,(H,14,15). The second-order valence-corrected chi connectivity index (χ2v) is 4.31. The number of hydrogen-bond donors (Lipinski definition) is 2. The number of hydrogen-bond acceptors (Lipinski definition) is 4. The van der Waals surface area contributed by atoms with E-state index in [1.807, 2.05) is 18.5 Å². The highest BCUT2D eigenvalue weighted by molar-refractivity contribution is 5.83. The van der Waals surface area contributed by atoms with Crippen LogP contribution in [0.2, 0.25) is 0 Å². The maximum absolute atomic E-state index is 11.8. The van der Waals surface area contributed by atoms with Crippen LogP contribution in [0.25, 0.3) is 11.3 Å². The number of carbonyl (C=O) groups is 1. The van der Waals surface area contributed by atoms with Crippen LogP contribution in [0.3, 0.4) is 0 Å². The molecular weight excluding hydrogens is 234 g/mol. The summed E-state index contributed by atoms with van der Waals surface area (Å²) >= 11 is 0. The summed E-state index contributed by atoms with van der Waals surface area (Å²) < 4.78 is 9.98. The number of ether oxygens (including phenoxy) is 2. The van der Waals surface area contributed by atoms with Crippen LogP contribution in [0.15, 0.2) is 24.7 Å². The number of carbonyl (C=O) groups excluding carboxylic acids is 1. The molecule has 3 heterocycles. The third kappa shape index (κ3) is 1.46. The lowest BCUT2D eigenvalue weighted by molar-refractivity contribution is -0.167. The number of imidazole rings is 1. The molecule has 1 saturated heterocycles. The molecule has 1 aliphatic rings. The van der Waals surface area contributed by atoms with E-state index in [0.29, 0.717) is 19.0 Å². The van der Waals surface area contributed by atoms with E-state index in [4.69, 9.17) is 9.47 Å². The molecule has 0 bridgehead atoms. The van der Waals surface area contributed by atoms with Gasteiger partial charge in [0.2, 0.25) is 0 Å². The summed E-state index contributed by atoms with van der Waals surface area (Å²) in [6.07, 6.45) is 5.40. The molecule has 0 saturated carbocycles. The molecule has 94 valence electrons. The van der Waals surface area contributed by atoms with E-state index in [1.54, 1.807) is 6.20 Å². The molecule has 1 aliphatic heterocycles. The molecule has 2 aromatic rings.